The van der Waals surface area contributed by atoms with Crippen molar-refractivity contribution in [3.05, 3.63) is 12.2 Å². The number of amides is 1. The molecule has 1 aromatic heterocycles. The quantitative estimate of drug-likeness (QED) is 0.716. The van der Waals surface area contributed by atoms with Crippen LogP contribution in [0.5, 0.6) is 0 Å². The van der Waals surface area contributed by atoms with Gasteiger partial charge in [0.05, 0.1) is 0 Å². The summed E-state index contributed by atoms with van der Waals surface area (Å²) in [6.07, 6.45) is 4.26. The van der Waals surface area contributed by atoms with Crippen LogP contribution in [0.1, 0.15) is 25.6 Å². The minimum atomic E-state index is -0.592. The Balaban J connectivity index is 2.58. The molecule has 1 heterocycles. The largest absolute Gasteiger partial charge is 0.350 e. The molecule has 0 atom stereocenters. The Morgan fingerprint density at radius 2 is 2.50 bits per heavy atom. The van der Waals surface area contributed by atoms with Gasteiger partial charge in [-0.05, 0) is 6.42 Å². The summed E-state index contributed by atoms with van der Waals surface area (Å²) >= 11 is 0. The molecule has 0 aliphatic carbocycles. The Hall–Kier alpha value is -1.39. The van der Waals surface area contributed by atoms with Gasteiger partial charge in [-0.1, -0.05) is 13.3 Å². The lowest BCUT2D eigenvalue weighted by Crippen LogP contribution is -2.20. The SMILES string of the molecule is CCCCc1ncn(C(N)=O)n1. The summed E-state index contributed by atoms with van der Waals surface area (Å²) in [5.41, 5.74) is 4.98. The lowest BCUT2D eigenvalue weighted by Gasteiger charge is -1.90. The van der Waals surface area contributed by atoms with Crippen molar-refractivity contribution >= 4 is 6.03 Å². The number of nitrogens with two attached hydrogens (primary N) is 1. The average molecular weight is 168 g/mol. The second-order valence-corrected chi connectivity index (χ2v) is 2.55. The standard InChI is InChI=1S/C7H12N4O/c1-2-3-4-6-9-5-11(10-6)7(8)12/h5H,2-4H2,1H3,(H2,8,12). The second-order valence-electron chi connectivity index (χ2n) is 2.55. The van der Waals surface area contributed by atoms with Crippen LogP contribution in [-0.2, 0) is 6.42 Å². The highest BCUT2D eigenvalue weighted by Crippen LogP contribution is 1.97. The number of nitrogens with zero attached hydrogens (tertiary/aromatic N) is 3. The van der Waals surface area contributed by atoms with Crippen LogP contribution in [0, 0.1) is 0 Å². The van der Waals surface area contributed by atoms with E-state index >= 15 is 0 Å². The molecule has 5 heteroatoms. The molecule has 0 fully saturated rings. The van der Waals surface area contributed by atoms with Crippen LogP contribution in [0.3, 0.4) is 0 Å². The highest BCUT2D eigenvalue weighted by molar-refractivity contribution is 5.73. The second kappa shape index (κ2) is 3.85. The van der Waals surface area contributed by atoms with Crippen molar-refractivity contribution < 1.29 is 4.79 Å². The number of carbonyl (C=O) groups is 1. The lowest BCUT2D eigenvalue weighted by molar-refractivity contribution is 0.247. The van der Waals surface area contributed by atoms with Crippen LogP contribution in [0.15, 0.2) is 6.33 Å². The summed E-state index contributed by atoms with van der Waals surface area (Å²) in [7, 11) is 0. The van der Waals surface area contributed by atoms with E-state index in [2.05, 4.69) is 17.0 Å². The summed E-state index contributed by atoms with van der Waals surface area (Å²) in [4.78, 5) is 14.5. The summed E-state index contributed by atoms with van der Waals surface area (Å²) in [5, 5.41) is 3.88. The van der Waals surface area contributed by atoms with Gasteiger partial charge in [-0.25, -0.2) is 9.78 Å². The predicted octanol–water partition coefficient (Wildman–Crippen LogP) is 0.547. The average Bonchev–Trinajstić information content (AvgIpc) is 2.48. The van der Waals surface area contributed by atoms with Crippen molar-refractivity contribution in [3.63, 3.8) is 0 Å². The molecule has 5 nitrogen and oxygen atoms in total. The molecule has 0 bridgehead atoms. The fraction of sp³-hybridized carbons (Fsp3) is 0.571. The van der Waals surface area contributed by atoms with Gasteiger partial charge in [-0.3, -0.25) is 0 Å². The first-order valence-corrected chi connectivity index (χ1v) is 3.94. The zero-order chi connectivity index (χ0) is 8.97. The minimum absolute atomic E-state index is 0.592. The maximum absolute atomic E-state index is 10.6. The predicted molar refractivity (Wildman–Crippen MR) is 43.6 cm³/mol. The van der Waals surface area contributed by atoms with Gasteiger partial charge in [0.2, 0.25) is 0 Å². The monoisotopic (exact) mass is 168 g/mol. The molecule has 0 aliphatic rings. The first kappa shape index (κ1) is 8.70. The van der Waals surface area contributed by atoms with Crippen LogP contribution < -0.4 is 5.73 Å². The van der Waals surface area contributed by atoms with E-state index in [4.69, 9.17) is 5.73 Å². The van der Waals surface area contributed by atoms with Gasteiger partial charge in [0.15, 0.2) is 5.82 Å². The van der Waals surface area contributed by atoms with E-state index in [0.717, 1.165) is 23.9 Å². The van der Waals surface area contributed by atoms with Gasteiger partial charge >= 0.3 is 6.03 Å². The molecule has 1 amide bonds. The van der Waals surface area contributed by atoms with Crippen molar-refractivity contribution in [1.82, 2.24) is 14.8 Å². The number of unbranched alkanes of at least 4 members (excludes halogenated alkanes) is 1. The highest BCUT2D eigenvalue weighted by Gasteiger charge is 2.02. The van der Waals surface area contributed by atoms with Gasteiger partial charge in [0.1, 0.15) is 6.33 Å². The molecule has 0 aliphatic heterocycles. The molecule has 0 saturated carbocycles. The van der Waals surface area contributed by atoms with E-state index in [0.29, 0.717) is 5.82 Å². The summed E-state index contributed by atoms with van der Waals surface area (Å²) in [6, 6.07) is -0.592. The number of primary amides is 1. The smallest absolute Gasteiger partial charge is 0.340 e. The topological polar surface area (TPSA) is 73.8 Å². The van der Waals surface area contributed by atoms with E-state index in [1.165, 1.54) is 6.33 Å². The fourth-order valence-corrected chi connectivity index (χ4v) is 0.853. The van der Waals surface area contributed by atoms with E-state index in [1.54, 1.807) is 0 Å². The van der Waals surface area contributed by atoms with Crippen LogP contribution in [0.25, 0.3) is 0 Å². The Labute approximate surface area is 70.6 Å². The highest BCUT2D eigenvalue weighted by atomic mass is 16.2. The van der Waals surface area contributed by atoms with Crippen molar-refractivity contribution in [1.29, 1.82) is 0 Å². The van der Waals surface area contributed by atoms with Crippen molar-refractivity contribution in [2.24, 2.45) is 5.73 Å². The molecule has 12 heavy (non-hydrogen) atoms. The van der Waals surface area contributed by atoms with Crippen molar-refractivity contribution in [3.8, 4) is 0 Å². The Morgan fingerprint density at radius 3 is 3.00 bits per heavy atom. The van der Waals surface area contributed by atoms with E-state index in [1.807, 2.05) is 0 Å². The molecular weight excluding hydrogens is 156 g/mol. The first-order valence-electron chi connectivity index (χ1n) is 3.94. The molecule has 0 aromatic carbocycles. The van der Waals surface area contributed by atoms with Gasteiger partial charge < -0.3 is 5.73 Å². The summed E-state index contributed by atoms with van der Waals surface area (Å²) in [6.45, 7) is 2.09. The minimum Gasteiger partial charge on any atom is -0.350 e. The van der Waals surface area contributed by atoms with Crippen LogP contribution >= 0.6 is 0 Å². The number of aryl methyl sites for hydroxylation is 1. The molecule has 1 rings (SSSR count). The summed E-state index contributed by atoms with van der Waals surface area (Å²) < 4.78 is 1.05. The van der Waals surface area contributed by atoms with Gasteiger partial charge in [0.25, 0.3) is 0 Å². The third-order valence-corrected chi connectivity index (χ3v) is 1.52. The zero-order valence-electron chi connectivity index (χ0n) is 7.03. The molecule has 66 valence electrons. The Morgan fingerprint density at radius 1 is 1.75 bits per heavy atom. The maximum Gasteiger partial charge on any atom is 0.340 e. The van der Waals surface area contributed by atoms with Crippen molar-refractivity contribution in [2.45, 2.75) is 26.2 Å². The van der Waals surface area contributed by atoms with E-state index in [-0.39, 0.29) is 0 Å². The van der Waals surface area contributed by atoms with E-state index in [9.17, 15) is 4.79 Å². The fourth-order valence-electron chi connectivity index (χ4n) is 0.853. The van der Waals surface area contributed by atoms with Gasteiger partial charge in [-0.2, -0.15) is 4.68 Å². The lowest BCUT2D eigenvalue weighted by atomic mass is 10.2. The number of carbonyl (C=O) groups excluding carboxylic acids is 1. The first-order chi connectivity index (χ1) is 5.74. The van der Waals surface area contributed by atoms with E-state index < -0.39 is 6.03 Å². The number of aromatic nitrogens is 3. The molecule has 2 N–H and O–H groups in total. The number of rotatable bonds is 3. The van der Waals surface area contributed by atoms with Crippen LogP contribution in [0.2, 0.25) is 0 Å². The number of hydrogen-bond acceptors (Lipinski definition) is 3. The molecule has 1 aromatic rings. The number of hydrogen-bond donors (Lipinski definition) is 1. The zero-order valence-corrected chi connectivity index (χ0v) is 7.03. The Bertz CT molecular complexity index is 268. The Kier molecular flexibility index (Phi) is 2.79. The summed E-state index contributed by atoms with van der Waals surface area (Å²) in [5.74, 6) is 0.677. The van der Waals surface area contributed by atoms with Gasteiger partial charge in [-0.15, -0.1) is 5.10 Å². The van der Waals surface area contributed by atoms with Gasteiger partial charge in [0, 0.05) is 6.42 Å². The third kappa shape index (κ3) is 2.05. The normalized spacial score (nSPS) is 10.1. The molecule has 0 spiro atoms. The molecule has 0 saturated heterocycles. The molecular formula is C7H12N4O. The molecule has 0 unspecified atom stereocenters. The molecule has 0 radical (unpaired) electrons. The third-order valence-electron chi connectivity index (χ3n) is 1.52. The van der Waals surface area contributed by atoms with Crippen molar-refractivity contribution in [2.75, 3.05) is 0 Å². The van der Waals surface area contributed by atoms with Crippen LogP contribution in [-0.4, -0.2) is 20.8 Å². The van der Waals surface area contributed by atoms with Crippen LogP contribution in [0.4, 0.5) is 4.79 Å². The maximum atomic E-state index is 10.6.